The van der Waals surface area contributed by atoms with Crippen LogP contribution in [-0.2, 0) is 10.5 Å². The largest absolute Gasteiger partial charge is 0.396 e. The average molecular weight is 433 g/mol. The van der Waals surface area contributed by atoms with E-state index in [2.05, 4.69) is 5.32 Å². The first-order chi connectivity index (χ1) is 14.0. The van der Waals surface area contributed by atoms with E-state index in [1.807, 2.05) is 29.2 Å². The van der Waals surface area contributed by atoms with Crippen LogP contribution in [0.2, 0.25) is 5.02 Å². The summed E-state index contributed by atoms with van der Waals surface area (Å²) in [6.45, 7) is 1.49. The third kappa shape index (κ3) is 6.49. The van der Waals surface area contributed by atoms with E-state index in [0.29, 0.717) is 40.9 Å². The molecule has 1 aliphatic rings. The van der Waals surface area contributed by atoms with Crippen LogP contribution in [-0.4, -0.2) is 47.3 Å². The number of aliphatic hydroxyl groups excluding tert-OH is 1. The van der Waals surface area contributed by atoms with E-state index in [9.17, 15) is 14.7 Å². The van der Waals surface area contributed by atoms with E-state index in [1.54, 1.807) is 24.3 Å². The molecule has 154 valence electrons. The highest BCUT2D eigenvalue weighted by atomic mass is 35.5. The van der Waals surface area contributed by atoms with Gasteiger partial charge in [-0.25, -0.2) is 0 Å². The minimum Gasteiger partial charge on any atom is -0.396 e. The van der Waals surface area contributed by atoms with Gasteiger partial charge in [-0.3, -0.25) is 9.59 Å². The van der Waals surface area contributed by atoms with Crippen LogP contribution in [0.1, 0.15) is 28.8 Å². The van der Waals surface area contributed by atoms with Gasteiger partial charge in [-0.05, 0) is 54.7 Å². The Kier molecular flexibility index (Phi) is 7.98. The van der Waals surface area contributed by atoms with Crippen LogP contribution in [0.4, 0.5) is 5.69 Å². The molecule has 0 atom stereocenters. The fourth-order valence-electron chi connectivity index (χ4n) is 3.32. The van der Waals surface area contributed by atoms with Crippen molar-refractivity contribution in [2.45, 2.75) is 18.6 Å². The number of likely N-dealkylation sites (tertiary alicyclic amines) is 1. The van der Waals surface area contributed by atoms with Crippen LogP contribution in [0.25, 0.3) is 0 Å². The summed E-state index contributed by atoms with van der Waals surface area (Å²) < 4.78 is 0. The highest BCUT2D eigenvalue weighted by Gasteiger charge is 2.23. The number of carbonyl (C=O) groups is 2. The SMILES string of the molecule is O=C(CSCc1cccc(Cl)c1)Nc1cccc(C(=O)N2CCC(CO)CC2)c1. The Hall–Kier alpha value is -2.02. The van der Waals surface area contributed by atoms with Crippen molar-refractivity contribution < 1.29 is 14.7 Å². The van der Waals surface area contributed by atoms with Crippen LogP contribution in [0.5, 0.6) is 0 Å². The fraction of sp³-hybridized carbons (Fsp3) is 0.364. The molecule has 3 rings (SSSR count). The summed E-state index contributed by atoms with van der Waals surface area (Å²) in [6, 6.07) is 14.7. The van der Waals surface area contributed by atoms with Gasteiger partial charge in [0.2, 0.25) is 5.91 Å². The number of benzene rings is 2. The van der Waals surface area contributed by atoms with Crippen molar-refractivity contribution in [2.24, 2.45) is 5.92 Å². The van der Waals surface area contributed by atoms with Crippen molar-refractivity contribution in [3.05, 3.63) is 64.7 Å². The first-order valence-electron chi connectivity index (χ1n) is 9.67. The maximum absolute atomic E-state index is 12.7. The number of rotatable bonds is 7. The lowest BCUT2D eigenvalue weighted by Gasteiger charge is -2.31. The van der Waals surface area contributed by atoms with Crippen LogP contribution in [0, 0.1) is 5.92 Å². The highest BCUT2D eigenvalue weighted by molar-refractivity contribution is 7.99. The molecule has 1 fully saturated rings. The standard InChI is InChI=1S/C22H25ClN2O3S/c23-19-5-1-3-17(11-19)14-29-15-21(27)24-20-6-2-4-18(12-20)22(28)25-9-7-16(13-26)8-10-25/h1-6,11-12,16,26H,7-10,13-15H2,(H,24,27). The van der Waals surface area contributed by atoms with Gasteiger partial charge in [0.05, 0.1) is 5.75 Å². The lowest BCUT2D eigenvalue weighted by atomic mass is 9.97. The molecule has 0 unspecified atom stereocenters. The molecule has 29 heavy (non-hydrogen) atoms. The van der Waals surface area contributed by atoms with Gasteiger partial charge in [0.15, 0.2) is 0 Å². The van der Waals surface area contributed by atoms with Crippen molar-refractivity contribution in [2.75, 3.05) is 30.8 Å². The van der Waals surface area contributed by atoms with Gasteiger partial charge in [0, 0.05) is 41.7 Å². The van der Waals surface area contributed by atoms with Crippen molar-refractivity contribution in [3.63, 3.8) is 0 Å². The minimum absolute atomic E-state index is 0.0344. The molecule has 1 aliphatic heterocycles. The molecule has 0 saturated carbocycles. The van der Waals surface area contributed by atoms with Gasteiger partial charge in [-0.15, -0.1) is 11.8 Å². The molecule has 0 aliphatic carbocycles. The zero-order valence-corrected chi connectivity index (χ0v) is 17.7. The van der Waals surface area contributed by atoms with Gasteiger partial charge in [0.25, 0.3) is 5.91 Å². The quantitative estimate of drug-likeness (QED) is 0.692. The molecular weight excluding hydrogens is 408 g/mol. The minimum atomic E-state index is -0.106. The molecule has 2 amide bonds. The van der Waals surface area contributed by atoms with Crippen LogP contribution in [0.3, 0.4) is 0 Å². The Labute approximate surface area is 180 Å². The second-order valence-electron chi connectivity index (χ2n) is 7.17. The molecule has 0 radical (unpaired) electrons. The monoisotopic (exact) mass is 432 g/mol. The molecular formula is C22H25ClN2O3S. The zero-order chi connectivity index (χ0) is 20.6. The molecule has 2 aromatic rings. The fourth-order valence-corrected chi connectivity index (χ4v) is 4.30. The number of aliphatic hydroxyl groups is 1. The van der Waals surface area contributed by atoms with Gasteiger partial charge in [0.1, 0.15) is 0 Å². The van der Waals surface area contributed by atoms with Gasteiger partial charge < -0.3 is 15.3 Å². The Morgan fingerprint density at radius 1 is 1.14 bits per heavy atom. The third-order valence-corrected chi connectivity index (χ3v) is 6.18. The number of carbonyl (C=O) groups excluding carboxylic acids is 2. The summed E-state index contributed by atoms with van der Waals surface area (Å²) in [6.07, 6.45) is 1.64. The third-order valence-electron chi connectivity index (χ3n) is 4.94. The van der Waals surface area contributed by atoms with E-state index in [4.69, 9.17) is 11.6 Å². The van der Waals surface area contributed by atoms with E-state index >= 15 is 0 Å². The molecule has 5 nitrogen and oxygen atoms in total. The second-order valence-corrected chi connectivity index (χ2v) is 8.59. The summed E-state index contributed by atoms with van der Waals surface area (Å²) >= 11 is 7.49. The number of nitrogens with one attached hydrogen (secondary N) is 1. The number of hydrogen-bond donors (Lipinski definition) is 2. The van der Waals surface area contributed by atoms with E-state index in [1.165, 1.54) is 11.8 Å². The number of nitrogens with zero attached hydrogens (tertiary/aromatic N) is 1. The first-order valence-corrected chi connectivity index (χ1v) is 11.2. The first kappa shape index (κ1) is 21.7. The summed E-state index contributed by atoms with van der Waals surface area (Å²) in [5, 5.41) is 12.8. The summed E-state index contributed by atoms with van der Waals surface area (Å²) in [7, 11) is 0. The number of halogens is 1. The summed E-state index contributed by atoms with van der Waals surface area (Å²) in [5.41, 5.74) is 2.26. The lowest BCUT2D eigenvalue weighted by Crippen LogP contribution is -2.39. The summed E-state index contributed by atoms with van der Waals surface area (Å²) in [5.74, 6) is 1.17. The van der Waals surface area contributed by atoms with Gasteiger partial charge >= 0.3 is 0 Å². The Balaban J connectivity index is 1.50. The van der Waals surface area contributed by atoms with E-state index in [0.717, 1.165) is 18.4 Å². The maximum atomic E-state index is 12.7. The number of piperidine rings is 1. The molecule has 7 heteroatoms. The molecule has 0 aromatic heterocycles. The van der Waals surface area contributed by atoms with Crippen LogP contribution >= 0.6 is 23.4 Å². The Morgan fingerprint density at radius 3 is 2.62 bits per heavy atom. The van der Waals surface area contributed by atoms with Gasteiger partial charge in [-0.1, -0.05) is 29.8 Å². The van der Waals surface area contributed by atoms with E-state index < -0.39 is 0 Å². The van der Waals surface area contributed by atoms with Crippen molar-refractivity contribution in [3.8, 4) is 0 Å². The van der Waals surface area contributed by atoms with Crippen molar-refractivity contribution >= 4 is 40.9 Å². The van der Waals surface area contributed by atoms with Crippen molar-refractivity contribution in [1.29, 1.82) is 0 Å². The predicted octanol–water partition coefficient (Wildman–Crippen LogP) is 4.06. The molecule has 2 aromatic carbocycles. The van der Waals surface area contributed by atoms with Crippen molar-refractivity contribution in [1.82, 2.24) is 4.90 Å². The molecule has 1 heterocycles. The molecule has 0 spiro atoms. The summed E-state index contributed by atoms with van der Waals surface area (Å²) in [4.78, 5) is 26.8. The van der Waals surface area contributed by atoms with E-state index in [-0.39, 0.29) is 24.3 Å². The Bertz CT molecular complexity index is 853. The smallest absolute Gasteiger partial charge is 0.253 e. The van der Waals surface area contributed by atoms with Crippen LogP contribution in [0.15, 0.2) is 48.5 Å². The molecule has 2 N–H and O–H groups in total. The Morgan fingerprint density at radius 2 is 1.90 bits per heavy atom. The number of hydrogen-bond acceptors (Lipinski definition) is 4. The second kappa shape index (κ2) is 10.7. The number of amides is 2. The van der Waals surface area contributed by atoms with Crippen LogP contribution < -0.4 is 5.32 Å². The number of thioether (sulfide) groups is 1. The predicted molar refractivity (Wildman–Crippen MR) is 118 cm³/mol. The normalized spacial score (nSPS) is 14.6. The van der Waals surface area contributed by atoms with Gasteiger partial charge in [-0.2, -0.15) is 0 Å². The number of anilines is 1. The zero-order valence-electron chi connectivity index (χ0n) is 16.1. The molecule has 1 saturated heterocycles. The average Bonchev–Trinajstić information content (AvgIpc) is 2.73. The topological polar surface area (TPSA) is 69.6 Å². The maximum Gasteiger partial charge on any atom is 0.253 e. The highest BCUT2D eigenvalue weighted by Crippen LogP contribution is 2.20. The lowest BCUT2D eigenvalue weighted by molar-refractivity contribution is -0.113. The molecule has 0 bridgehead atoms.